The van der Waals surface area contributed by atoms with Crippen molar-refractivity contribution in [2.75, 3.05) is 11.9 Å². The number of aryl methyl sites for hydroxylation is 1. The summed E-state index contributed by atoms with van der Waals surface area (Å²) in [6.07, 6.45) is 2.49. The van der Waals surface area contributed by atoms with Crippen molar-refractivity contribution >= 4 is 35.3 Å². The van der Waals surface area contributed by atoms with E-state index in [9.17, 15) is 24.5 Å². The minimum Gasteiger partial charge on any atom is -0.462 e. The van der Waals surface area contributed by atoms with Crippen molar-refractivity contribution in [3.05, 3.63) is 62.9 Å². The zero-order valence-corrected chi connectivity index (χ0v) is 15.5. The predicted molar refractivity (Wildman–Crippen MR) is 100 cm³/mol. The number of hydrogen-bond acceptors (Lipinski definition) is 7. The topological polar surface area (TPSA) is 129 Å². The minimum absolute atomic E-state index is 0.0383. The van der Waals surface area contributed by atoms with Gasteiger partial charge in [-0.3, -0.25) is 25.0 Å². The summed E-state index contributed by atoms with van der Waals surface area (Å²) in [5.74, 6) is -1.87. The van der Waals surface area contributed by atoms with Crippen molar-refractivity contribution < 1.29 is 28.5 Å². The van der Waals surface area contributed by atoms with Crippen LogP contribution in [0.25, 0.3) is 6.08 Å². The predicted octanol–water partition coefficient (Wildman–Crippen LogP) is 3.53. The summed E-state index contributed by atoms with van der Waals surface area (Å²) in [4.78, 5) is 46.5. The summed E-state index contributed by atoms with van der Waals surface area (Å²) in [7, 11) is 0. The number of carbonyl (C=O) groups is 3. The number of benzene rings is 1. The van der Waals surface area contributed by atoms with Crippen LogP contribution >= 0.6 is 0 Å². The van der Waals surface area contributed by atoms with Crippen LogP contribution in [0.2, 0.25) is 0 Å². The first-order chi connectivity index (χ1) is 13.2. The molecule has 1 N–H and O–H groups in total. The van der Waals surface area contributed by atoms with Gasteiger partial charge in [-0.1, -0.05) is 12.1 Å². The van der Waals surface area contributed by atoms with Gasteiger partial charge in [0.05, 0.1) is 17.1 Å². The molecule has 1 heterocycles. The van der Waals surface area contributed by atoms with E-state index in [0.29, 0.717) is 5.56 Å². The number of carbonyl (C=O) groups excluding carboxylic acids is 3. The number of ketones is 1. The molecule has 1 amide bonds. The molecule has 0 spiro atoms. The molecule has 0 aliphatic carbocycles. The third kappa shape index (κ3) is 4.70. The lowest BCUT2D eigenvalue weighted by Gasteiger charge is -2.04. The SMILES string of the molecule is CCOC(=O)c1c(NC(=O)/C=C/c2cccc([N+](=O)[O-])c2)oc(C)c1C(C)=O. The van der Waals surface area contributed by atoms with E-state index in [0.717, 1.165) is 6.08 Å². The number of rotatable bonds is 7. The van der Waals surface area contributed by atoms with Gasteiger partial charge in [-0.05, 0) is 32.4 Å². The van der Waals surface area contributed by atoms with Crippen LogP contribution in [0.15, 0.2) is 34.8 Å². The van der Waals surface area contributed by atoms with Crippen LogP contribution in [0, 0.1) is 17.0 Å². The molecule has 0 aliphatic rings. The van der Waals surface area contributed by atoms with Gasteiger partial charge in [-0.25, -0.2) is 4.79 Å². The van der Waals surface area contributed by atoms with E-state index < -0.39 is 22.6 Å². The summed E-state index contributed by atoms with van der Waals surface area (Å²) < 4.78 is 10.3. The van der Waals surface area contributed by atoms with Gasteiger partial charge in [0.1, 0.15) is 11.3 Å². The maximum atomic E-state index is 12.2. The standard InChI is InChI=1S/C19H18N2O7/c1-4-27-19(24)17-16(11(2)22)12(3)28-18(17)20-15(23)9-8-13-6-5-7-14(10-13)21(25)26/h5-10H,4H2,1-3H3,(H,20,23)/b9-8+. The maximum Gasteiger partial charge on any atom is 0.344 e. The van der Waals surface area contributed by atoms with E-state index in [-0.39, 0.29) is 35.1 Å². The highest BCUT2D eigenvalue weighted by molar-refractivity contribution is 6.12. The first-order valence-electron chi connectivity index (χ1n) is 8.29. The van der Waals surface area contributed by atoms with E-state index in [1.807, 2.05) is 0 Å². The van der Waals surface area contributed by atoms with E-state index in [2.05, 4.69) is 5.32 Å². The molecule has 0 saturated heterocycles. The number of nitro groups is 1. The van der Waals surface area contributed by atoms with Crippen molar-refractivity contribution in [3.8, 4) is 0 Å². The van der Waals surface area contributed by atoms with Crippen molar-refractivity contribution in [2.45, 2.75) is 20.8 Å². The Morgan fingerprint density at radius 3 is 2.61 bits per heavy atom. The Balaban J connectivity index is 2.27. The number of amides is 1. The summed E-state index contributed by atoms with van der Waals surface area (Å²) in [6, 6.07) is 5.71. The highest BCUT2D eigenvalue weighted by Gasteiger charge is 2.28. The van der Waals surface area contributed by atoms with Gasteiger partial charge in [0, 0.05) is 18.2 Å². The quantitative estimate of drug-likeness (QED) is 0.253. The molecule has 1 aromatic carbocycles. The third-order valence-electron chi connectivity index (χ3n) is 3.66. The van der Waals surface area contributed by atoms with Crippen LogP contribution in [0.5, 0.6) is 0 Å². The Morgan fingerprint density at radius 1 is 1.29 bits per heavy atom. The average molecular weight is 386 g/mol. The zero-order valence-electron chi connectivity index (χ0n) is 15.5. The van der Waals surface area contributed by atoms with E-state index >= 15 is 0 Å². The number of non-ortho nitro benzene ring substituents is 1. The maximum absolute atomic E-state index is 12.2. The molecule has 28 heavy (non-hydrogen) atoms. The normalized spacial score (nSPS) is 10.7. The Kier molecular flexibility index (Phi) is 6.43. The number of esters is 1. The number of nitrogens with one attached hydrogen (secondary N) is 1. The Labute approximate surface area is 160 Å². The average Bonchev–Trinajstić information content (AvgIpc) is 2.96. The Bertz CT molecular complexity index is 973. The van der Waals surface area contributed by atoms with Crippen molar-refractivity contribution in [3.63, 3.8) is 0 Å². The van der Waals surface area contributed by atoms with Crippen LogP contribution in [0.1, 0.15) is 45.9 Å². The Morgan fingerprint density at radius 2 is 2.00 bits per heavy atom. The van der Waals surface area contributed by atoms with Crippen molar-refractivity contribution in [1.29, 1.82) is 0 Å². The van der Waals surface area contributed by atoms with Crippen LogP contribution in [-0.2, 0) is 9.53 Å². The molecular formula is C19H18N2O7. The van der Waals surface area contributed by atoms with Gasteiger partial charge in [0.15, 0.2) is 5.78 Å². The lowest BCUT2D eigenvalue weighted by atomic mass is 10.1. The summed E-state index contributed by atoms with van der Waals surface area (Å²) in [5.41, 5.74) is 0.218. The van der Waals surface area contributed by atoms with Gasteiger partial charge < -0.3 is 9.15 Å². The fraction of sp³-hybridized carbons (Fsp3) is 0.211. The summed E-state index contributed by atoms with van der Waals surface area (Å²) in [6.45, 7) is 4.46. The molecule has 9 nitrogen and oxygen atoms in total. The number of nitro benzene ring substituents is 1. The molecule has 0 bridgehead atoms. The number of nitrogens with zero attached hydrogens (tertiary/aromatic N) is 1. The molecule has 2 aromatic rings. The molecule has 0 saturated carbocycles. The number of Topliss-reactive ketones (excluding diaryl/α,β-unsaturated/α-hetero) is 1. The van der Waals surface area contributed by atoms with Crippen LogP contribution in [0.4, 0.5) is 11.6 Å². The van der Waals surface area contributed by atoms with Gasteiger partial charge in [0.2, 0.25) is 5.88 Å². The zero-order chi connectivity index (χ0) is 20.8. The minimum atomic E-state index is -0.789. The van der Waals surface area contributed by atoms with Crippen molar-refractivity contribution in [2.24, 2.45) is 0 Å². The van der Waals surface area contributed by atoms with Gasteiger partial charge >= 0.3 is 5.97 Å². The summed E-state index contributed by atoms with van der Waals surface area (Å²) >= 11 is 0. The third-order valence-corrected chi connectivity index (χ3v) is 3.66. The number of furan rings is 1. The lowest BCUT2D eigenvalue weighted by molar-refractivity contribution is -0.384. The number of anilines is 1. The smallest absolute Gasteiger partial charge is 0.344 e. The highest BCUT2D eigenvalue weighted by Crippen LogP contribution is 2.28. The lowest BCUT2D eigenvalue weighted by Crippen LogP contribution is -2.14. The van der Waals surface area contributed by atoms with Crippen LogP contribution < -0.4 is 5.32 Å². The first kappa shape index (κ1) is 20.6. The van der Waals surface area contributed by atoms with E-state index in [1.165, 1.54) is 38.1 Å². The molecule has 9 heteroatoms. The molecule has 1 aromatic heterocycles. The molecule has 0 unspecified atom stereocenters. The molecule has 0 fully saturated rings. The van der Waals surface area contributed by atoms with Crippen LogP contribution in [0.3, 0.4) is 0 Å². The fourth-order valence-electron chi connectivity index (χ4n) is 2.52. The van der Waals surface area contributed by atoms with Gasteiger partial charge in [0.25, 0.3) is 11.6 Å². The number of ether oxygens (including phenoxy) is 1. The molecule has 0 radical (unpaired) electrons. The largest absolute Gasteiger partial charge is 0.462 e. The van der Waals surface area contributed by atoms with E-state index in [4.69, 9.17) is 9.15 Å². The molecule has 0 aliphatic heterocycles. The molecule has 2 rings (SSSR count). The number of hydrogen-bond donors (Lipinski definition) is 1. The van der Waals surface area contributed by atoms with Crippen molar-refractivity contribution in [1.82, 2.24) is 0 Å². The second kappa shape index (κ2) is 8.76. The molecular weight excluding hydrogens is 368 g/mol. The first-order valence-corrected chi connectivity index (χ1v) is 8.29. The van der Waals surface area contributed by atoms with Gasteiger partial charge in [-0.2, -0.15) is 0 Å². The monoisotopic (exact) mass is 386 g/mol. The second-order valence-electron chi connectivity index (χ2n) is 5.69. The fourth-order valence-corrected chi connectivity index (χ4v) is 2.52. The second-order valence-corrected chi connectivity index (χ2v) is 5.69. The molecule has 146 valence electrons. The van der Waals surface area contributed by atoms with Crippen LogP contribution in [-0.4, -0.2) is 29.2 Å². The van der Waals surface area contributed by atoms with E-state index in [1.54, 1.807) is 13.0 Å². The Hall–Kier alpha value is -3.75. The summed E-state index contributed by atoms with van der Waals surface area (Å²) in [5, 5.41) is 13.2. The van der Waals surface area contributed by atoms with Gasteiger partial charge in [-0.15, -0.1) is 0 Å². The molecule has 0 atom stereocenters. The highest BCUT2D eigenvalue weighted by atomic mass is 16.6.